The second-order valence-corrected chi connectivity index (χ2v) is 7.57. The summed E-state index contributed by atoms with van der Waals surface area (Å²) in [6.45, 7) is 1.89. The van der Waals surface area contributed by atoms with Gasteiger partial charge in [-0.2, -0.15) is 0 Å². The number of hydrogen-bond acceptors (Lipinski definition) is 5. The first-order chi connectivity index (χ1) is 14.7. The first-order valence-corrected chi connectivity index (χ1v) is 10.2. The molecule has 0 radical (unpaired) electrons. The molecule has 0 aromatic heterocycles. The molecular weight excluding hydrogens is 378 g/mol. The van der Waals surface area contributed by atoms with Gasteiger partial charge in [-0.1, -0.05) is 54.6 Å². The number of benzene rings is 3. The molecule has 1 aliphatic rings. The Morgan fingerprint density at radius 1 is 0.933 bits per heavy atom. The van der Waals surface area contributed by atoms with E-state index in [4.69, 9.17) is 14.2 Å². The standard InChI is InChI=1S/C25H27NO4/c1-26(16-23-18-29-24-9-5-6-10-25(24)30-23)15-21(27)17-28-22-13-11-20(12-14-22)19-7-3-2-4-8-19/h2-14,21,23,27H,15-18H2,1H3. The number of para-hydroxylation sites is 2. The van der Waals surface area contributed by atoms with Gasteiger partial charge in [-0.15, -0.1) is 0 Å². The van der Waals surface area contributed by atoms with Crippen LogP contribution in [0.15, 0.2) is 78.9 Å². The topological polar surface area (TPSA) is 51.2 Å². The van der Waals surface area contributed by atoms with E-state index in [2.05, 4.69) is 12.1 Å². The molecule has 1 N–H and O–H groups in total. The lowest BCUT2D eigenvalue weighted by Gasteiger charge is -2.30. The molecule has 1 aliphatic heterocycles. The van der Waals surface area contributed by atoms with Crippen LogP contribution < -0.4 is 14.2 Å². The fourth-order valence-electron chi connectivity index (χ4n) is 3.55. The summed E-state index contributed by atoms with van der Waals surface area (Å²) in [5.74, 6) is 2.30. The van der Waals surface area contributed by atoms with Gasteiger partial charge < -0.3 is 19.3 Å². The van der Waals surface area contributed by atoms with E-state index in [1.807, 2.05) is 78.7 Å². The highest BCUT2D eigenvalue weighted by Crippen LogP contribution is 2.31. The van der Waals surface area contributed by atoms with Crippen LogP contribution in [0.25, 0.3) is 11.1 Å². The van der Waals surface area contributed by atoms with Crippen LogP contribution in [-0.4, -0.2) is 55.6 Å². The van der Waals surface area contributed by atoms with Gasteiger partial charge in [0.05, 0.1) is 0 Å². The van der Waals surface area contributed by atoms with Crippen LogP contribution in [-0.2, 0) is 0 Å². The molecule has 3 aromatic carbocycles. The Morgan fingerprint density at radius 2 is 1.60 bits per heavy atom. The summed E-state index contributed by atoms with van der Waals surface area (Å²) in [5.41, 5.74) is 2.31. The van der Waals surface area contributed by atoms with Crippen molar-refractivity contribution in [1.29, 1.82) is 0 Å². The van der Waals surface area contributed by atoms with Crippen LogP contribution in [0, 0.1) is 0 Å². The fourth-order valence-corrected chi connectivity index (χ4v) is 3.55. The minimum absolute atomic E-state index is 0.0662. The third-order valence-corrected chi connectivity index (χ3v) is 5.01. The van der Waals surface area contributed by atoms with E-state index in [9.17, 15) is 5.11 Å². The van der Waals surface area contributed by atoms with Crippen molar-refractivity contribution in [3.05, 3.63) is 78.9 Å². The molecule has 30 heavy (non-hydrogen) atoms. The van der Waals surface area contributed by atoms with Crippen molar-refractivity contribution in [3.8, 4) is 28.4 Å². The minimum Gasteiger partial charge on any atom is -0.491 e. The van der Waals surface area contributed by atoms with Crippen molar-refractivity contribution in [3.63, 3.8) is 0 Å². The Balaban J connectivity index is 1.21. The molecule has 2 unspecified atom stereocenters. The lowest BCUT2D eigenvalue weighted by Crippen LogP contribution is -2.42. The predicted molar refractivity (Wildman–Crippen MR) is 117 cm³/mol. The first kappa shape index (κ1) is 20.3. The molecule has 0 fully saturated rings. The van der Waals surface area contributed by atoms with Crippen molar-refractivity contribution >= 4 is 0 Å². The molecule has 3 aromatic rings. The van der Waals surface area contributed by atoms with Gasteiger partial charge in [0.2, 0.25) is 0 Å². The summed E-state index contributed by atoms with van der Waals surface area (Å²) >= 11 is 0. The summed E-state index contributed by atoms with van der Waals surface area (Å²) in [5, 5.41) is 10.4. The minimum atomic E-state index is -0.597. The van der Waals surface area contributed by atoms with E-state index in [1.54, 1.807) is 0 Å². The second-order valence-electron chi connectivity index (χ2n) is 7.57. The van der Waals surface area contributed by atoms with Gasteiger partial charge in [0.15, 0.2) is 11.5 Å². The molecular formula is C25H27NO4. The molecule has 0 amide bonds. The zero-order chi connectivity index (χ0) is 20.8. The quantitative estimate of drug-likeness (QED) is 0.617. The average Bonchev–Trinajstić information content (AvgIpc) is 2.78. The molecule has 0 saturated carbocycles. The molecule has 0 spiro atoms. The van der Waals surface area contributed by atoms with E-state index < -0.39 is 6.10 Å². The van der Waals surface area contributed by atoms with Gasteiger partial charge in [-0.25, -0.2) is 0 Å². The maximum Gasteiger partial charge on any atom is 0.161 e. The van der Waals surface area contributed by atoms with E-state index in [1.165, 1.54) is 5.56 Å². The number of nitrogens with zero attached hydrogens (tertiary/aromatic N) is 1. The first-order valence-electron chi connectivity index (χ1n) is 10.2. The number of hydrogen-bond donors (Lipinski definition) is 1. The van der Waals surface area contributed by atoms with Crippen molar-refractivity contribution < 1.29 is 19.3 Å². The number of aliphatic hydroxyl groups is 1. The monoisotopic (exact) mass is 405 g/mol. The highest BCUT2D eigenvalue weighted by molar-refractivity contribution is 5.63. The predicted octanol–water partition coefficient (Wildman–Crippen LogP) is 3.87. The van der Waals surface area contributed by atoms with Gasteiger partial charge in [0.1, 0.15) is 31.2 Å². The molecule has 0 saturated heterocycles. The normalized spacial score (nSPS) is 16.3. The van der Waals surface area contributed by atoms with E-state index >= 15 is 0 Å². The van der Waals surface area contributed by atoms with Crippen molar-refractivity contribution in [2.75, 3.05) is 33.4 Å². The molecule has 5 heteroatoms. The Labute approximate surface area is 177 Å². The summed E-state index contributed by atoms with van der Waals surface area (Å²) in [6, 6.07) is 25.8. The Bertz CT molecular complexity index is 929. The summed E-state index contributed by atoms with van der Waals surface area (Å²) in [4.78, 5) is 2.04. The molecule has 1 heterocycles. The van der Waals surface area contributed by atoms with Gasteiger partial charge in [0, 0.05) is 13.1 Å². The van der Waals surface area contributed by atoms with Crippen molar-refractivity contribution in [2.45, 2.75) is 12.2 Å². The average molecular weight is 405 g/mol. The smallest absolute Gasteiger partial charge is 0.161 e. The Kier molecular flexibility index (Phi) is 6.52. The largest absolute Gasteiger partial charge is 0.491 e. The number of rotatable bonds is 8. The molecule has 0 aliphatic carbocycles. The number of aliphatic hydroxyl groups excluding tert-OH is 1. The zero-order valence-electron chi connectivity index (χ0n) is 17.1. The van der Waals surface area contributed by atoms with Gasteiger partial charge in [0.25, 0.3) is 0 Å². The number of ether oxygens (including phenoxy) is 3. The van der Waals surface area contributed by atoms with Crippen LogP contribution >= 0.6 is 0 Å². The van der Waals surface area contributed by atoms with Crippen molar-refractivity contribution in [2.24, 2.45) is 0 Å². The molecule has 5 nitrogen and oxygen atoms in total. The van der Waals surface area contributed by atoms with Gasteiger partial charge in [-0.3, -0.25) is 4.90 Å². The second kappa shape index (κ2) is 9.65. The van der Waals surface area contributed by atoms with E-state index in [0.29, 0.717) is 19.7 Å². The zero-order valence-corrected chi connectivity index (χ0v) is 17.1. The third kappa shape index (κ3) is 5.32. The molecule has 2 atom stereocenters. The Hall–Kier alpha value is -3.02. The van der Waals surface area contributed by atoms with Crippen LogP contribution in [0.1, 0.15) is 0 Å². The highest BCUT2D eigenvalue weighted by atomic mass is 16.6. The van der Waals surface area contributed by atoms with E-state index in [0.717, 1.165) is 22.8 Å². The lowest BCUT2D eigenvalue weighted by atomic mass is 10.1. The van der Waals surface area contributed by atoms with Crippen molar-refractivity contribution in [1.82, 2.24) is 4.90 Å². The molecule has 4 rings (SSSR count). The lowest BCUT2D eigenvalue weighted by molar-refractivity contribution is 0.0374. The van der Waals surface area contributed by atoms with Gasteiger partial charge >= 0.3 is 0 Å². The summed E-state index contributed by atoms with van der Waals surface area (Å²) in [6.07, 6.45) is -0.663. The number of likely N-dealkylation sites (N-methyl/N-ethyl adjacent to an activating group) is 1. The van der Waals surface area contributed by atoms with E-state index in [-0.39, 0.29) is 12.7 Å². The molecule has 0 bridgehead atoms. The van der Waals surface area contributed by atoms with Gasteiger partial charge in [-0.05, 0) is 42.4 Å². The van der Waals surface area contributed by atoms with Crippen LogP contribution in [0.4, 0.5) is 0 Å². The highest BCUT2D eigenvalue weighted by Gasteiger charge is 2.22. The summed E-state index contributed by atoms with van der Waals surface area (Å²) < 4.78 is 17.5. The molecule has 156 valence electrons. The fraction of sp³-hybridized carbons (Fsp3) is 0.280. The van der Waals surface area contributed by atoms with Crippen LogP contribution in [0.3, 0.4) is 0 Å². The summed E-state index contributed by atoms with van der Waals surface area (Å²) in [7, 11) is 1.96. The SMILES string of the molecule is CN(CC(O)COc1ccc(-c2ccccc2)cc1)CC1COc2ccccc2O1. The van der Waals surface area contributed by atoms with Crippen LogP contribution in [0.5, 0.6) is 17.2 Å². The number of fused-ring (bicyclic) bond motifs is 1. The third-order valence-electron chi connectivity index (χ3n) is 5.01. The maximum atomic E-state index is 10.4. The van der Waals surface area contributed by atoms with Crippen LogP contribution in [0.2, 0.25) is 0 Å². The maximum absolute atomic E-state index is 10.4. The Morgan fingerprint density at radius 3 is 2.37 bits per heavy atom.